The minimum atomic E-state index is -4.42. The molecule has 1 aromatic rings. The predicted octanol–water partition coefficient (Wildman–Crippen LogP) is 3.17. The van der Waals surface area contributed by atoms with Gasteiger partial charge in [-0.25, -0.2) is 4.39 Å². The number of halogens is 4. The van der Waals surface area contributed by atoms with Gasteiger partial charge >= 0.3 is 6.30 Å². The van der Waals surface area contributed by atoms with Gasteiger partial charge in [-0.3, -0.25) is 4.90 Å². The van der Waals surface area contributed by atoms with Crippen LogP contribution in [0.2, 0.25) is 0 Å². The third-order valence-electron chi connectivity index (χ3n) is 1.76. The van der Waals surface area contributed by atoms with E-state index in [0.717, 1.165) is 24.3 Å². The third-order valence-corrected chi connectivity index (χ3v) is 1.76. The largest absolute Gasteiger partial charge is 0.484 e. The fourth-order valence-corrected chi connectivity index (χ4v) is 1.13. The maximum Gasteiger partial charge on any atom is 0.484 e. The van der Waals surface area contributed by atoms with Crippen molar-refractivity contribution < 1.29 is 17.6 Å². The second-order valence-electron chi connectivity index (χ2n) is 2.69. The average Bonchev–Trinajstić information content (AvgIpc) is 2.07. The van der Waals surface area contributed by atoms with E-state index in [0.29, 0.717) is 0 Å². The lowest BCUT2D eigenvalue weighted by Gasteiger charge is -2.25. The van der Waals surface area contributed by atoms with Crippen molar-refractivity contribution in [1.82, 2.24) is 0 Å². The van der Waals surface area contributed by atoms with E-state index < -0.39 is 12.1 Å². The normalized spacial score (nSPS) is 11.5. The maximum absolute atomic E-state index is 12.5. The van der Waals surface area contributed by atoms with Crippen molar-refractivity contribution in [2.24, 2.45) is 0 Å². The summed E-state index contributed by atoms with van der Waals surface area (Å²) < 4.78 is 49.5. The van der Waals surface area contributed by atoms with E-state index in [1.807, 2.05) is 0 Å². The molecule has 0 saturated carbocycles. The summed E-state index contributed by atoms with van der Waals surface area (Å²) in [6.45, 7) is 1.19. The topological polar surface area (TPSA) is 3.24 Å². The summed E-state index contributed by atoms with van der Waals surface area (Å²) in [5.74, 6) is -0.549. The first kappa shape index (κ1) is 10.8. The molecule has 0 saturated heterocycles. The van der Waals surface area contributed by atoms with E-state index in [1.54, 1.807) is 0 Å². The van der Waals surface area contributed by atoms with Crippen LogP contribution in [0.25, 0.3) is 0 Å². The van der Waals surface area contributed by atoms with Gasteiger partial charge in [-0.15, -0.1) is 0 Å². The summed E-state index contributed by atoms with van der Waals surface area (Å²) in [4.78, 5) is 0.243. The van der Waals surface area contributed by atoms with Gasteiger partial charge in [-0.05, 0) is 31.2 Å². The Balaban J connectivity index is 2.96. The molecular weight excluding hydrogens is 198 g/mol. The van der Waals surface area contributed by atoms with Crippen LogP contribution in [0, 0.1) is 5.82 Å². The van der Waals surface area contributed by atoms with Gasteiger partial charge in [0.15, 0.2) is 0 Å². The Morgan fingerprint density at radius 2 is 1.64 bits per heavy atom. The van der Waals surface area contributed by atoms with Crippen molar-refractivity contribution in [1.29, 1.82) is 0 Å². The molecule has 14 heavy (non-hydrogen) atoms. The van der Waals surface area contributed by atoms with Crippen molar-refractivity contribution in [3.63, 3.8) is 0 Å². The third kappa shape index (κ3) is 2.37. The first-order valence-corrected chi connectivity index (χ1v) is 4.05. The predicted molar refractivity (Wildman–Crippen MR) is 45.5 cm³/mol. The van der Waals surface area contributed by atoms with Crippen LogP contribution in [0.1, 0.15) is 6.92 Å². The zero-order valence-electron chi connectivity index (χ0n) is 7.48. The quantitative estimate of drug-likeness (QED) is 0.531. The zero-order chi connectivity index (χ0) is 10.8. The van der Waals surface area contributed by atoms with Gasteiger partial charge in [0.25, 0.3) is 0 Å². The summed E-state index contributed by atoms with van der Waals surface area (Å²) >= 11 is 0. The molecule has 0 aromatic heterocycles. The van der Waals surface area contributed by atoms with Crippen LogP contribution in [0.15, 0.2) is 24.3 Å². The van der Waals surface area contributed by atoms with Gasteiger partial charge in [0, 0.05) is 12.2 Å². The highest BCUT2D eigenvalue weighted by Crippen LogP contribution is 2.27. The lowest BCUT2D eigenvalue weighted by molar-refractivity contribution is -0.128. The molecule has 0 N–H and O–H groups in total. The Bertz CT molecular complexity index is 291. The van der Waals surface area contributed by atoms with Crippen LogP contribution in [0.5, 0.6) is 0 Å². The number of rotatable bonds is 2. The maximum atomic E-state index is 12.5. The van der Waals surface area contributed by atoms with Gasteiger partial charge in [0.05, 0.1) is 0 Å². The number of benzene rings is 1. The van der Waals surface area contributed by atoms with Gasteiger partial charge in [-0.2, -0.15) is 13.2 Å². The highest BCUT2D eigenvalue weighted by Gasteiger charge is 2.36. The summed E-state index contributed by atoms with van der Waals surface area (Å²) in [5.41, 5.74) is -0.0543. The molecule has 1 rings (SSSR count). The van der Waals surface area contributed by atoms with E-state index in [2.05, 4.69) is 0 Å². The Morgan fingerprint density at radius 1 is 1.14 bits per heavy atom. The molecule has 1 nitrogen and oxygen atoms in total. The zero-order valence-corrected chi connectivity index (χ0v) is 7.48. The van der Waals surface area contributed by atoms with Crippen LogP contribution in [-0.2, 0) is 0 Å². The summed E-state index contributed by atoms with van der Waals surface area (Å²) in [7, 11) is 0. The van der Waals surface area contributed by atoms with E-state index in [1.165, 1.54) is 6.92 Å². The first-order chi connectivity index (χ1) is 6.45. The van der Waals surface area contributed by atoms with Crippen LogP contribution >= 0.6 is 0 Å². The Hall–Kier alpha value is -1.26. The molecule has 0 bridgehead atoms. The smallest absolute Gasteiger partial charge is 0.284 e. The van der Waals surface area contributed by atoms with E-state index in [4.69, 9.17) is 0 Å². The number of alkyl halides is 3. The number of hydrogen-bond acceptors (Lipinski definition) is 1. The lowest BCUT2D eigenvalue weighted by Crippen LogP contribution is -2.37. The molecule has 1 aromatic carbocycles. The fraction of sp³-hybridized carbons (Fsp3) is 0.333. The molecule has 0 amide bonds. The minimum Gasteiger partial charge on any atom is -0.284 e. The molecule has 0 radical (unpaired) electrons. The SMILES string of the molecule is CCN(c1ccc(F)cc1)C(F)(F)F. The monoisotopic (exact) mass is 207 g/mol. The number of nitrogens with zero attached hydrogens (tertiary/aromatic N) is 1. The molecule has 0 heterocycles. The van der Waals surface area contributed by atoms with Gasteiger partial charge in [0.2, 0.25) is 0 Å². The lowest BCUT2D eigenvalue weighted by atomic mass is 10.3. The van der Waals surface area contributed by atoms with Crippen molar-refractivity contribution in [3.8, 4) is 0 Å². The second-order valence-corrected chi connectivity index (χ2v) is 2.69. The van der Waals surface area contributed by atoms with Crippen LogP contribution in [-0.4, -0.2) is 12.8 Å². The highest BCUT2D eigenvalue weighted by atomic mass is 19.4. The molecule has 0 fully saturated rings. The summed E-state index contributed by atoms with van der Waals surface area (Å²) in [6, 6.07) is 4.21. The molecular formula is C9H9F4N. The standard InChI is InChI=1S/C9H9F4N/c1-2-14(9(11,12)13)8-5-3-7(10)4-6-8/h3-6H,2H2,1H3. The average molecular weight is 207 g/mol. The van der Waals surface area contributed by atoms with Gasteiger partial charge < -0.3 is 0 Å². The molecule has 5 heteroatoms. The fourth-order valence-electron chi connectivity index (χ4n) is 1.13. The van der Waals surface area contributed by atoms with Crippen molar-refractivity contribution in [2.75, 3.05) is 11.4 Å². The summed E-state index contributed by atoms with van der Waals surface area (Å²) in [6.07, 6.45) is -4.42. The molecule has 0 aliphatic heterocycles. The molecule has 0 aliphatic rings. The van der Waals surface area contributed by atoms with E-state index in [9.17, 15) is 17.6 Å². The Kier molecular flexibility index (Phi) is 2.98. The molecule has 0 spiro atoms. The number of hydrogen-bond donors (Lipinski definition) is 0. The molecule has 0 aliphatic carbocycles. The molecule has 78 valence electrons. The molecule has 0 atom stereocenters. The Morgan fingerprint density at radius 3 is 2.00 bits per heavy atom. The van der Waals surface area contributed by atoms with Crippen LogP contribution in [0.4, 0.5) is 23.2 Å². The van der Waals surface area contributed by atoms with E-state index in [-0.39, 0.29) is 17.1 Å². The van der Waals surface area contributed by atoms with Gasteiger partial charge in [-0.1, -0.05) is 0 Å². The minimum absolute atomic E-state index is 0.0543. The van der Waals surface area contributed by atoms with Crippen molar-refractivity contribution in [2.45, 2.75) is 13.2 Å². The van der Waals surface area contributed by atoms with Crippen molar-refractivity contribution >= 4 is 5.69 Å². The van der Waals surface area contributed by atoms with Crippen LogP contribution < -0.4 is 4.90 Å². The highest BCUT2D eigenvalue weighted by molar-refractivity contribution is 5.46. The first-order valence-electron chi connectivity index (χ1n) is 4.05. The second kappa shape index (κ2) is 3.86. The molecule has 0 unspecified atom stereocenters. The van der Waals surface area contributed by atoms with Crippen LogP contribution in [0.3, 0.4) is 0 Å². The summed E-state index contributed by atoms with van der Waals surface area (Å²) in [5, 5.41) is 0. The van der Waals surface area contributed by atoms with E-state index >= 15 is 0 Å². The number of anilines is 1. The van der Waals surface area contributed by atoms with Crippen molar-refractivity contribution in [3.05, 3.63) is 30.1 Å². The van der Waals surface area contributed by atoms with Gasteiger partial charge in [0.1, 0.15) is 5.82 Å². The Labute approximate surface area is 78.9 Å².